The van der Waals surface area contributed by atoms with Crippen LogP contribution in [0, 0.1) is 5.82 Å². The normalized spacial score (nSPS) is 14.7. The summed E-state index contributed by atoms with van der Waals surface area (Å²) in [5, 5.41) is 0. The fourth-order valence-corrected chi connectivity index (χ4v) is 2.34. The molecule has 90 valence electrons. The third-order valence-electron chi connectivity index (χ3n) is 3.29. The standard InChI is InChI=1S/C15H12FNO/c1-10-2-7-14(18)15-13(8-9-17(10)15)11-3-5-12(16)6-4-11/h3-6,8-9H,1-2,7H2. The number of halogens is 1. The molecule has 0 bridgehead atoms. The first-order valence-electron chi connectivity index (χ1n) is 5.85. The lowest BCUT2D eigenvalue weighted by atomic mass is 9.99. The number of nitrogens with zero attached hydrogens (tertiary/aromatic N) is 1. The van der Waals surface area contributed by atoms with Gasteiger partial charge < -0.3 is 4.57 Å². The number of benzene rings is 1. The van der Waals surface area contributed by atoms with Crippen molar-refractivity contribution in [3.8, 4) is 11.1 Å². The van der Waals surface area contributed by atoms with Crippen molar-refractivity contribution in [1.29, 1.82) is 0 Å². The van der Waals surface area contributed by atoms with Crippen LogP contribution in [-0.2, 0) is 0 Å². The van der Waals surface area contributed by atoms with E-state index in [0.29, 0.717) is 18.5 Å². The summed E-state index contributed by atoms with van der Waals surface area (Å²) in [5.74, 6) is -0.158. The van der Waals surface area contributed by atoms with Crippen molar-refractivity contribution in [2.24, 2.45) is 0 Å². The average Bonchev–Trinajstić information content (AvgIpc) is 2.81. The maximum Gasteiger partial charge on any atom is 0.180 e. The molecule has 3 rings (SSSR count). The minimum absolute atomic E-state index is 0.117. The topological polar surface area (TPSA) is 22.0 Å². The predicted molar refractivity (Wildman–Crippen MR) is 68.7 cm³/mol. The molecule has 1 aliphatic heterocycles. The highest BCUT2D eigenvalue weighted by atomic mass is 19.1. The molecule has 1 aliphatic rings. The number of hydrogen-bond acceptors (Lipinski definition) is 1. The summed E-state index contributed by atoms with van der Waals surface area (Å²) >= 11 is 0. The molecule has 2 aromatic rings. The van der Waals surface area contributed by atoms with Gasteiger partial charge in [-0.3, -0.25) is 4.79 Å². The van der Waals surface area contributed by atoms with E-state index in [1.807, 2.05) is 16.8 Å². The Morgan fingerprint density at radius 3 is 2.56 bits per heavy atom. The Kier molecular flexibility index (Phi) is 2.40. The second kappa shape index (κ2) is 3.95. The SMILES string of the molecule is C=C1CCC(=O)c2c(-c3ccc(F)cc3)ccn21. The van der Waals surface area contributed by atoms with E-state index >= 15 is 0 Å². The molecule has 0 amide bonds. The number of allylic oxidation sites excluding steroid dienone is 1. The van der Waals surface area contributed by atoms with Crippen LogP contribution in [0.5, 0.6) is 0 Å². The fraction of sp³-hybridized carbons (Fsp3) is 0.133. The molecule has 0 N–H and O–H groups in total. The second-order valence-corrected chi connectivity index (χ2v) is 4.44. The first kappa shape index (κ1) is 11.0. The van der Waals surface area contributed by atoms with Gasteiger partial charge in [0.15, 0.2) is 5.78 Å². The predicted octanol–water partition coefficient (Wildman–Crippen LogP) is 3.74. The highest BCUT2D eigenvalue weighted by Gasteiger charge is 2.23. The van der Waals surface area contributed by atoms with Crippen LogP contribution in [-0.4, -0.2) is 10.4 Å². The van der Waals surface area contributed by atoms with Gasteiger partial charge in [0.1, 0.15) is 5.82 Å². The Morgan fingerprint density at radius 1 is 1.11 bits per heavy atom. The molecule has 0 spiro atoms. The summed E-state index contributed by atoms with van der Waals surface area (Å²) in [4.78, 5) is 12.0. The molecule has 2 nitrogen and oxygen atoms in total. The maximum absolute atomic E-state index is 12.9. The molecule has 1 aromatic carbocycles. The van der Waals surface area contributed by atoms with Crippen LogP contribution >= 0.6 is 0 Å². The first-order chi connectivity index (χ1) is 8.66. The van der Waals surface area contributed by atoms with Crippen LogP contribution in [0.1, 0.15) is 23.3 Å². The van der Waals surface area contributed by atoms with Crippen molar-refractivity contribution in [3.05, 3.63) is 54.6 Å². The number of carbonyl (C=O) groups excluding carboxylic acids is 1. The Hall–Kier alpha value is -2.16. The van der Waals surface area contributed by atoms with Crippen molar-refractivity contribution in [2.45, 2.75) is 12.8 Å². The number of aromatic nitrogens is 1. The van der Waals surface area contributed by atoms with Gasteiger partial charge in [0.05, 0.1) is 5.69 Å². The summed E-state index contributed by atoms with van der Waals surface area (Å²) < 4.78 is 14.8. The van der Waals surface area contributed by atoms with Gasteiger partial charge >= 0.3 is 0 Å². The monoisotopic (exact) mass is 241 g/mol. The number of hydrogen-bond donors (Lipinski definition) is 0. The Balaban J connectivity index is 2.17. The van der Waals surface area contributed by atoms with E-state index in [2.05, 4.69) is 6.58 Å². The minimum Gasteiger partial charge on any atom is -0.318 e. The van der Waals surface area contributed by atoms with Crippen LogP contribution in [0.4, 0.5) is 4.39 Å². The van der Waals surface area contributed by atoms with Crippen LogP contribution in [0.2, 0.25) is 0 Å². The summed E-state index contributed by atoms with van der Waals surface area (Å²) in [5.41, 5.74) is 3.30. The molecule has 0 saturated carbocycles. The molecule has 0 fully saturated rings. The zero-order valence-corrected chi connectivity index (χ0v) is 9.82. The molecular formula is C15H12FNO. The summed E-state index contributed by atoms with van der Waals surface area (Å²) in [7, 11) is 0. The van der Waals surface area contributed by atoms with Crippen LogP contribution in [0.15, 0.2) is 43.1 Å². The average molecular weight is 241 g/mol. The lowest BCUT2D eigenvalue weighted by molar-refractivity contribution is 0.0972. The van der Waals surface area contributed by atoms with Crippen molar-refractivity contribution in [2.75, 3.05) is 0 Å². The van der Waals surface area contributed by atoms with Crippen LogP contribution in [0.25, 0.3) is 16.8 Å². The van der Waals surface area contributed by atoms with E-state index in [1.165, 1.54) is 12.1 Å². The molecule has 1 aromatic heterocycles. The van der Waals surface area contributed by atoms with E-state index < -0.39 is 0 Å². The number of carbonyl (C=O) groups is 1. The van der Waals surface area contributed by atoms with Crippen molar-refractivity contribution >= 4 is 11.5 Å². The zero-order valence-electron chi connectivity index (χ0n) is 9.82. The largest absolute Gasteiger partial charge is 0.318 e. The molecule has 0 saturated heterocycles. The van der Waals surface area contributed by atoms with Crippen LogP contribution in [0.3, 0.4) is 0 Å². The Morgan fingerprint density at radius 2 is 1.83 bits per heavy atom. The van der Waals surface area contributed by atoms with Gasteiger partial charge in [-0.05, 0) is 30.2 Å². The van der Waals surface area contributed by atoms with Crippen molar-refractivity contribution in [3.63, 3.8) is 0 Å². The second-order valence-electron chi connectivity index (χ2n) is 4.44. The molecule has 0 radical (unpaired) electrons. The van der Waals surface area contributed by atoms with E-state index in [9.17, 15) is 9.18 Å². The number of rotatable bonds is 1. The number of fused-ring (bicyclic) bond motifs is 1. The fourth-order valence-electron chi connectivity index (χ4n) is 2.34. The quantitative estimate of drug-likeness (QED) is 0.745. The van der Waals surface area contributed by atoms with Gasteiger partial charge in [-0.25, -0.2) is 4.39 Å². The van der Waals surface area contributed by atoms with Crippen LogP contribution < -0.4 is 0 Å². The molecule has 0 atom stereocenters. The highest BCUT2D eigenvalue weighted by molar-refractivity contribution is 6.03. The van der Waals surface area contributed by atoms with Gasteiger partial charge in [0, 0.05) is 23.9 Å². The van der Waals surface area contributed by atoms with Crippen molar-refractivity contribution in [1.82, 2.24) is 4.57 Å². The summed E-state index contributed by atoms with van der Waals surface area (Å²) in [6.07, 6.45) is 3.05. The molecule has 0 aliphatic carbocycles. The van der Waals surface area contributed by atoms with Gasteiger partial charge in [-0.15, -0.1) is 0 Å². The zero-order chi connectivity index (χ0) is 12.7. The maximum atomic E-state index is 12.9. The van der Waals surface area contributed by atoms with Gasteiger partial charge in [0.25, 0.3) is 0 Å². The van der Waals surface area contributed by atoms with Gasteiger partial charge in [-0.1, -0.05) is 18.7 Å². The molecular weight excluding hydrogens is 229 g/mol. The summed E-state index contributed by atoms with van der Waals surface area (Å²) in [6.45, 7) is 3.96. The number of ketones is 1. The third-order valence-corrected chi connectivity index (χ3v) is 3.29. The van der Waals surface area contributed by atoms with E-state index in [1.54, 1.807) is 12.1 Å². The third kappa shape index (κ3) is 1.59. The number of Topliss-reactive ketones (excluding diaryl/α,β-unsaturated/α-hetero) is 1. The minimum atomic E-state index is -0.275. The molecule has 2 heterocycles. The van der Waals surface area contributed by atoms with E-state index in [4.69, 9.17) is 0 Å². The molecule has 18 heavy (non-hydrogen) atoms. The van der Waals surface area contributed by atoms with Gasteiger partial charge in [-0.2, -0.15) is 0 Å². The highest BCUT2D eigenvalue weighted by Crippen LogP contribution is 2.32. The molecule has 3 heteroatoms. The lowest BCUT2D eigenvalue weighted by Gasteiger charge is -2.18. The van der Waals surface area contributed by atoms with Gasteiger partial charge in [0.2, 0.25) is 0 Å². The lowest BCUT2D eigenvalue weighted by Crippen LogP contribution is -2.15. The van der Waals surface area contributed by atoms with E-state index in [0.717, 1.165) is 16.8 Å². The Bertz CT molecular complexity index is 637. The van der Waals surface area contributed by atoms with E-state index in [-0.39, 0.29) is 11.6 Å². The summed E-state index contributed by atoms with van der Waals surface area (Å²) in [6, 6.07) is 8.08. The smallest absolute Gasteiger partial charge is 0.180 e. The van der Waals surface area contributed by atoms with Crippen molar-refractivity contribution < 1.29 is 9.18 Å². The Labute approximate surface area is 104 Å². The molecule has 0 unspecified atom stereocenters. The first-order valence-corrected chi connectivity index (χ1v) is 5.85.